The van der Waals surface area contributed by atoms with Crippen molar-refractivity contribution in [1.29, 1.82) is 0 Å². The Hall–Kier alpha value is -1.55. The number of carbonyl (C=O) groups is 1. The number of hydrogen-bond acceptors (Lipinski definition) is 3. The molecule has 0 spiro atoms. The molecule has 1 aliphatic heterocycles. The van der Waals surface area contributed by atoms with Gasteiger partial charge in [-0.15, -0.1) is 0 Å². The van der Waals surface area contributed by atoms with Crippen molar-refractivity contribution >= 4 is 5.97 Å². The van der Waals surface area contributed by atoms with Crippen molar-refractivity contribution < 1.29 is 19.4 Å². The van der Waals surface area contributed by atoms with Crippen molar-refractivity contribution in [2.45, 2.75) is 6.10 Å². The quantitative estimate of drug-likeness (QED) is 0.731. The fraction of sp³-hybridized carbons (Fsp3) is 0.300. The predicted octanol–water partition coefficient (Wildman–Crippen LogP) is 1.16. The number of rotatable bonds is 4. The zero-order chi connectivity index (χ0) is 9.97. The summed E-state index contributed by atoms with van der Waals surface area (Å²) in [7, 11) is 0. The molecule has 1 fully saturated rings. The molecular formula is C10H10O4. The Morgan fingerprint density at radius 1 is 1.64 bits per heavy atom. The zero-order valence-electron chi connectivity index (χ0n) is 7.47. The predicted molar refractivity (Wildman–Crippen MR) is 48.6 cm³/mol. The Kier molecular flexibility index (Phi) is 2.37. The van der Waals surface area contributed by atoms with E-state index in [9.17, 15) is 4.79 Å². The molecule has 1 heterocycles. The Morgan fingerprint density at radius 3 is 3.07 bits per heavy atom. The average Bonchev–Trinajstić information content (AvgIpc) is 2.99. The first-order chi connectivity index (χ1) is 6.75. The van der Waals surface area contributed by atoms with Gasteiger partial charge in [0.15, 0.2) is 0 Å². The maximum Gasteiger partial charge on any atom is 0.335 e. The van der Waals surface area contributed by atoms with E-state index in [4.69, 9.17) is 14.6 Å². The second-order valence-electron chi connectivity index (χ2n) is 3.10. The Bertz CT molecular complexity index is 344. The molecular weight excluding hydrogens is 184 g/mol. The van der Waals surface area contributed by atoms with Gasteiger partial charge in [-0.25, -0.2) is 4.79 Å². The highest BCUT2D eigenvalue weighted by atomic mass is 16.6. The van der Waals surface area contributed by atoms with Crippen LogP contribution in [0.3, 0.4) is 0 Å². The van der Waals surface area contributed by atoms with Crippen LogP contribution in [0.5, 0.6) is 5.75 Å². The van der Waals surface area contributed by atoms with E-state index in [1.54, 1.807) is 12.1 Å². The van der Waals surface area contributed by atoms with Gasteiger partial charge < -0.3 is 14.6 Å². The first-order valence-electron chi connectivity index (χ1n) is 4.33. The van der Waals surface area contributed by atoms with E-state index >= 15 is 0 Å². The van der Waals surface area contributed by atoms with Crippen LogP contribution in [0.25, 0.3) is 0 Å². The van der Waals surface area contributed by atoms with Crippen molar-refractivity contribution in [3.8, 4) is 5.75 Å². The lowest BCUT2D eigenvalue weighted by Gasteiger charge is -2.04. The molecule has 14 heavy (non-hydrogen) atoms. The topological polar surface area (TPSA) is 59.1 Å². The molecule has 0 saturated carbocycles. The molecule has 1 saturated heterocycles. The van der Waals surface area contributed by atoms with Gasteiger partial charge in [0.1, 0.15) is 18.5 Å². The third kappa shape index (κ3) is 2.23. The minimum Gasteiger partial charge on any atom is -0.491 e. The van der Waals surface area contributed by atoms with Gasteiger partial charge >= 0.3 is 5.97 Å². The van der Waals surface area contributed by atoms with Gasteiger partial charge in [-0.1, -0.05) is 6.07 Å². The van der Waals surface area contributed by atoms with Crippen LogP contribution in [0.2, 0.25) is 0 Å². The molecule has 0 radical (unpaired) electrons. The van der Waals surface area contributed by atoms with Gasteiger partial charge in [-0.3, -0.25) is 0 Å². The number of benzene rings is 1. The van der Waals surface area contributed by atoms with E-state index in [0.29, 0.717) is 12.4 Å². The van der Waals surface area contributed by atoms with E-state index in [0.717, 1.165) is 6.61 Å². The third-order valence-electron chi connectivity index (χ3n) is 1.92. The molecule has 0 aromatic heterocycles. The summed E-state index contributed by atoms with van der Waals surface area (Å²) < 4.78 is 10.3. The summed E-state index contributed by atoms with van der Waals surface area (Å²) in [5, 5.41) is 8.72. The standard InChI is InChI=1S/C10H10O4/c11-10(12)7-2-1-3-8(4-7)13-5-9-6-14-9/h1-4,9H,5-6H2,(H,11,12)/t9-/m0/s1. The van der Waals surface area contributed by atoms with Crippen LogP contribution in [0.4, 0.5) is 0 Å². The molecule has 1 N–H and O–H groups in total. The van der Waals surface area contributed by atoms with Crippen molar-refractivity contribution in [2.75, 3.05) is 13.2 Å². The lowest BCUT2D eigenvalue weighted by Crippen LogP contribution is -2.05. The molecule has 1 aromatic rings. The monoisotopic (exact) mass is 194 g/mol. The van der Waals surface area contributed by atoms with Gasteiger partial charge in [0.2, 0.25) is 0 Å². The summed E-state index contributed by atoms with van der Waals surface area (Å²) in [6, 6.07) is 6.43. The maximum absolute atomic E-state index is 10.6. The van der Waals surface area contributed by atoms with Crippen LogP contribution in [0.15, 0.2) is 24.3 Å². The number of epoxide rings is 1. The normalized spacial score (nSPS) is 19.0. The molecule has 1 aromatic carbocycles. The van der Waals surface area contributed by atoms with Crippen LogP contribution in [0, 0.1) is 0 Å². The van der Waals surface area contributed by atoms with Gasteiger partial charge in [0.05, 0.1) is 12.2 Å². The van der Waals surface area contributed by atoms with E-state index in [1.807, 2.05) is 0 Å². The number of carboxylic acid groups (broad SMARTS) is 1. The van der Waals surface area contributed by atoms with E-state index in [2.05, 4.69) is 0 Å². The average molecular weight is 194 g/mol. The molecule has 1 aliphatic rings. The van der Waals surface area contributed by atoms with Crippen LogP contribution in [-0.4, -0.2) is 30.4 Å². The zero-order valence-corrected chi connectivity index (χ0v) is 7.47. The molecule has 0 bridgehead atoms. The lowest BCUT2D eigenvalue weighted by molar-refractivity contribution is 0.0696. The molecule has 0 amide bonds. The Labute approximate surface area is 81.1 Å². The fourth-order valence-electron chi connectivity index (χ4n) is 1.07. The van der Waals surface area contributed by atoms with Gasteiger partial charge in [0, 0.05) is 0 Å². The summed E-state index contributed by atoms with van der Waals surface area (Å²) in [5.74, 6) is -0.376. The lowest BCUT2D eigenvalue weighted by atomic mass is 10.2. The van der Waals surface area contributed by atoms with Gasteiger partial charge in [0.25, 0.3) is 0 Å². The highest BCUT2D eigenvalue weighted by molar-refractivity contribution is 5.87. The highest BCUT2D eigenvalue weighted by Crippen LogP contribution is 2.16. The molecule has 4 nitrogen and oxygen atoms in total. The van der Waals surface area contributed by atoms with Crippen LogP contribution in [0.1, 0.15) is 10.4 Å². The highest BCUT2D eigenvalue weighted by Gasteiger charge is 2.23. The smallest absolute Gasteiger partial charge is 0.335 e. The summed E-state index contributed by atoms with van der Waals surface area (Å²) in [5.41, 5.74) is 0.235. The number of ether oxygens (including phenoxy) is 2. The van der Waals surface area contributed by atoms with Crippen LogP contribution >= 0.6 is 0 Å². The number of aromatic carboxylic acids is 1. The largest absolute Gasteiger partial charge is 0.491 e. The summed E-state index contributed by atoms with van der Waals surface area (Å²) in [6.45, 7) is 1.22. The molecule has 2 rings (SSSR count). The molecule has 4 heteroatoms. The minimum atomic E-state index is -0.946. The Morgan fingerprint density at radius 2 is 2.43 bits per heavy atom. The van der Waals surface area contributed by atoms with E-state index in [-0.39, 0.29) is 11.7 Å². The van der Waals surface area contributed by atoms with Crippen molar-refractivity contribution in [1.82, 2.24) is 0 Å². The SMILES string of the molecule is O=C(O)c1cccc(OC[C@H]2CO2)c1. The second kappa shape index (κ2) is 3.67. The number of hydrogen-bond donors (Lipinski definition) is 1. The molecule has 0 unspecified atom stereocenters. The van der Waals surface area contributed by atoms with Crippen molar-refractivity contribution in [2.24, 2.45) is 0 Å². The van der Waals surface area contributed by atoms with E-state index < -0.39 is 5.97 Å². The molecule has 74 valence electrons. The maximum atomic E-state index is 10.6. The first-order valence-corrected chi connectivity index (χ1v) is 4.33. The van der Waals surface area contributed by atoms with Crippen molar-refractivity contribution in [3.05, 3.63) is 29.8 Å². The second-order valence-corrected chi connectivity index (χ2v) is 3.10. The summed E-state index contributed by atoms with van der Waals surface area (Å²) in [6.07, 6.45) is 0.184. The van der Waals surface area contributed by atoms with Crippen LogP contribution in [-0.2, 0) is 4.74 Å². The van der Waals surface area contributed by atoms with Gasteiger partial charge in [-0.2, -0.15) is 0 Å². The number of carboxylic acids is 1. The van der Waals surface area contributed by atoms with Gasteiger partial charge in [-0.05, 0) is 18.2 Å². The molecule has 1 atom stereocenters. The first kappa shape index (κ1) is 9.02. The third-order valence-corrected chi connectivity index (χ3v) is 1.92. The van der Waals surface area contributed by atoms with Crippen molar-refractivity contribution in [3.63, 3.8) is 0 Å². The fourth-order valence-corrected chi connectivity index (χ4v) is 1.07. The Balaban J connectivity index is 2.01. The minimum absolute atomic E-state index is 0.184. The molecule has 0 aliphatic carbocycles. The summed E-state index contributed by atoms with van der Waals surface area (Å²) >= 11 is 0. The van der Waals surface area contributed by atoms with E-state index in [1.165, 1.54) is 12.1 Å². The summed E-state index contributed by atoms with van der Waals surface area (Å²) in [4.78, 5) is 10.6. The van der Waals surface area contributed by atoms with Crippen LogP contribution < -0.4 is 4.74 Å².